The number of rotatable bonds is 12. The number of nitrogens with two attached hydrogens (primary N) is 1. The number of ether oxygens (including phenoxy) is 2. The number of aryl methyl sites for hydroxylation is 1. The maximum absolute atomic E-state index is 12.1. The van der Waals surface area contributed by atoms with Gasteiger partial charge in [0.15, 0.2) is 0 Å². The van der Waals surface area contributed by atoms with Gasteiger partial charge in [0.2, 0.25) is 15.9 Å². The minimum absolute atomic E-state index is 0.213. The maximum atomic E-state index is 12.1. The Bertz CT molecular complexity index is 996. The second-order valence-corrected chi connectivity index (χ2v) is 10.3. The summed E-state index contributed by atoms with van der Waals surface area (Å²) in [5.74, 6) is 0.397. The molecule has 0 spiro atoms. The first-order chi connectivity index (χ1) is 15.3. The van der Waals surface area contributed by atoms with Crippen molar-refractivity contribution in [1.29, 1.82) is 0 Å². The van der Waals surface area contributed by atoms with E-state index in [1.807, 2.05) is 48.5 Å². The van der Waals surface area contributed by atoms with E-state index in [0.717, 1.165) is 36.0 Å². The predicted molar refractivity (Wildman–Crippen MR) is 124 cm³/mol. The molecule has 7 nitrogen and oxygen atoms in total. The zero-order valence-electron chi connectivity index (χ0n) is 18.5. The zero-order chi connectivity index (χ0) is 23.0. The summed E-state index contributed by atoms with van der Waals surface area (Å²) in [7, 11) is -3.32. The van der Waals surface area contributed by atoms with Gasteiger partial charge in [0, 0.05) is 12.6 Å². The van der Waals surface area contributed by atoms with Crippen molar-refractivity contribution < 1.29 is 22.7 Å². The van der Waals surface area contributed by atoms with Crippen molar-refractivity contribution >= 4 is 15.9 Å². The molecule has 2 atom stereocenters. The third kappa shape index (κ3) is 7.32. The SMILES string of the molecule is CS(=O)(=O)N[C@H]1CC[C@](COCCCc2cccc(OCc3ccccc3)c2)(C(N)=O)C1. The summed E-state index contributed by atoms with van der Waals surface area (Å²) < 4.78 is 37.2. The lowest BCUT2D eigenvalue weighted by Gasteiger charge is -2.25. The monoisotopic (exact) mass is 460 g/mol. The minimum Gasteiger partial charge on any atom is -0.489 e. The Kier molecular flexibility index (Phi) is 8.28. The van der Waals surface area contributed by atoms with Gasteiger partial charge in [0.25, 0.3) is 0 Å². The Morgan fingerprint density at radius 2 is 1.91 bits per heavy atom. The van der Waals surface area contributed by atoms with Crippen LogP contribution in [0.4, 0.5) is 0 Å². The van der Waals surface area contributed by atoms with Crippen LogP contribution in [-0.2, 0) is 32.6 Å². The summed E-state index contributed by atoms with van der Waals surface area (Å²) >= 11 is 0. The number of hydrogen-bond donors (Lipinski definition) is 2. The van der Waals surface area contributed by atoms with E-state index in [-0.39, 0.29) is 12.6 Å². The lowest BCUT2D eigenvalue weighted by Crippen LogP contribution is -2.41. The third-order valence-electron chi connectivity index (χ3n) is 5.79. The number of nitrogens with one attached hydrogen (secondary N) is 1. The number of carbonyl (C=O) groups is 1. The molecule has 0 aromatic heterocycles. The van der Waals surface area contributed by atoms with Gasteiger partial charge in [-0.25, -0.2) is 13.1 Å². The first-order valence-electron chi connectivity index (χ1n) is 10.9. The van der Waals surface area contributed by atoms with Gasteiger partial charge in [-0.15, -0.1) is 0 Å². The van der Waals surface area contributed by atoms with Gasteiger partial charge in [0.05, 0.1) is 18.3 Å². The van der Waals surface area contributed by atoms with Crippen molar-refractivity contribution in [2.75, 3.05) is 19.5 Å². The molecule has 0 bridgehead atoms. The molecule has 3 N–H and O–H groups in total. The highest BCUT2D eigenvalue weighted by Gasteiger charge is 2.45. The Balaban J connectivity index is 1.42. The van der Waals surface area contributed by atoms with E-state index in [1.165, 1.54) is 0 Å². The molecule has 1 fully saturated rings. The van der Waals surface area contributed by atoms with Crippen LogP contribution < -0.4 is 15.2 Å². The minimum atomic E-state index is -3.32. The molecule has 1 saturated carbocycles. The highest BCUT2D eigenvalue weighted by molar-refractivity contribution is 7.88. The maximum Gasteiger partial charge on any atom is 0.226 e. The van der Waals surface area contributed by atoms with E-state index in [4.69, 9.17) is 15.2 Å². The van der Waals surface area contributed by atoms with Crippen LogP contribution in [0.2, 0.25) is 0 Å². The van der Waals surface area contributed by atoms with Crippen LogP contribution in [0.15, 0.2) is 54.6 Å². The summed E-state index contributed by atoms with van der Waals surface area (Å²) in [6.45, 7) is 1.23. The van der Waals surface area contributed by atoms with Crippen LogP contribution in [-0.4, -0.2) is 39.8 Å². The topological polar surface area (TPSA) is 108 Å². The van der Waals surface area contributed by atoms with E-state index in [0.29, 0.717) is 32.5 Å². The molecule has 1 aliphatic rings. The zero-order valence-corrected chi connectivity index (χ0v) is 19.3. The summed E-state index contributed by atoms with van der Waals surface area (Å²) in [5.41, 5.74) is 7.11. The molecule has 0 heterocycles. The highest BCUT2D eigenvalue weighted by atomic mass is 32.2. The van der Waals surface area contributed by atoms with E-state index in [2.05, 4.69) is 10.8 Å². The molecule has 0 saturated heterocycles. The number of carbonyl (C=O) groups excluding carboxylic acids is 1. The standard InChI is InChI=1S/C24H32N2O5S/c1-32(28,29)26-21-12-13-24(16-21,23(25)27)18-30-14-6-10-19-9-5-11-22(15-19)31-17-20-7-3-2-4-8-20/h2-5,7-9,11,15,21,26H,6,10,12-14,16-18H2,1H3,(H2,25,27)/t21-,24-/m0/s1. The molecule has 3 rings (SSSR count). The summed E-state index contributed by atoms with van der Waals surface area (Å²) in [6, 6.07) is 17.8. The van der Waals surface area contributed by atoms with Crippen LogP contribution in [0, 0.1) is 5.41 Å². The van der Waals surface area contributed by atoms with Gasteiger partial charge < -0.3 is 15.2 Å². The third-order valence-corrected chi connectivity index (χ3v) is 6.55. The molecule has 2 aromatic rings. The number of primary amides is 1. The van der Waals surface area contributed by atoms with E-state index < -0.39 is 21.3 Å². The molecule has 8 heteroatoms. The van der Waals surface area contributed by atoms with Gasteiger partial charge in [-0.2, -0.15) is 0 Å². The van der Waals surface area contributed by atoms with Gasteiger partial charge in [-0.05, 0) is 55.4 Å². The molecular formula is C24H32N2O5S. The number of amides is 1. The van der Waals surface area contributed by atoms with Crippen molar-refractivity contribution in [1.82, 2.24) is 4.72 Å². The van der Waals surface area contributed by atoms with E-state index in [9.17, 15) is 13.2 Å². The smallest absolute Gasteiger partial charge is 0.226 e. The molecule has 1 aliphatic carbocycles. The first-order valence-corrected chi connectivity index (χ1v) is 12.8. The summed E-state index contributed by atoms with van der Waals surface area (Å²) in [4.78, 5) is 12.1. The summed E-state index contributed by atoms with van der Waals surface area (Å²) in [6.07, 6.45) is 4.21. The Morgan fingerprint density at radius 1 is 1.16 bits per heavy atom. The quantitative estimate of drug-likeness (QED) is 0.474. The molecule has 0 unspecified atom stereocenters. The summed E-state index contributed by atoms with van der Waals surface area (Å²) in [5, 5.41) is 0. The normalized spacial score (nSPS) is 20.8. The van der Waals surface area contributed by atoms with Crippen molar-refractivity contribution in [3.8, 4) is 5.75 Å². The van der Waals surface area contributed by atoms with Crippen molar-refractivity contribution in [3.63, 3.8) is 0 Å². The second kappa shape index (κ2) is 10.9. The Morgan fingerprint density at radius 3 is 2.62 bits per heavy atom. The van der Waals surface area contributed by atoms with E-state index in [1.54, 1.807) is 0 Å². The average Bonchev–Trinajstić information content (AvgIpc) is 3.15. The van der Waals surface area contributed by atoms with Gasteiger partial charge in [-0.1, -0.05) is 42.5 Å². The lowest BCUT2D eigenvalue weighted by molar-refractivity contribution is -0.131. The van der Waals surface area contributed by atoms with Crippen molar-refractivity contribution in [2.24, 2.45) is 11.1 Å². The second-order valence-electron chi connectivity index (χ2n) is 8.55. The molecule has 0 aliphatic heterocycles. The number of benzene rings is 2. The highest BCUT2D eigenvalue weighted by Crippen LogP contribution is 2.38. The fourth-order valence-corrected chi connectivity index (χ4v) is 4.94. The molecule has 32 heavy (non-hydrogen) atoms. The van der Waals surface area contributed by atoms with Crippen LogP contribution in [0.5, 0.6) is 5.75 Å². The van der Waals surface area contributed by atoms with E-state index >= 15 is 0 Å². The molecule has 2 aromatic carbocycles. The predicted octanol–water partition coefficient (Wildman–Crippen LogP) is 2.79. The molecule has 174 valence electrons. The van der Waals surface area contributed by atoms with Crippen molar-refractivity contribution in [3.05, 3.63) is 65.7 Å². The fraction of sp³-hybridized carbons (Fsp3) is 0.458. The largest absolute Gasteiger partial charge is 0.489 e. The van der Waals surface area contributed by atoms with Crippen molar-refractivity contribution in [2.45, 2.75) is 44.8 Å². The number of sulfonamides is 1. The average molecular weight is 461 g/mol. The fourth-order valence-electron chi connectivity index (χ4n) is 4.13. The molecule has 0 radical (unpaired) electrons. The lowest BCUT2D eigenvalue weighted by atomic mass is 9.86. The first kappa shape index (κ1) is 24.2. The Labute approximate surface area is 190 Å². The van der Waals surface area contributed by atoms with Crippen LogP contribution in [0.25, 0.3) is 0 Å². The van der Waals surface area contributed by atoms with Crippen LogP contribution in [0.1, 0.15) is 36.8 Å². The Hall–Kier alpha value is -2.42. The molecular weight excluding hydrogens is 428 g/mol. The van der Waals surface area contributed by atoms with Gasteiger partial charge in [0.1, 0.15) is 12.4 Å². The van der Waals surface area contributed by atoms with Gasteiger partial charge >= 0.3 is 0 Å². The number of hydrogen-bond acceptors (Lipinski definition) is 5. The van der Waals surface area contributed by atoms with Crippen LogP contribution >= 0.6 is 0 Å². The van der Waals surface area contributed by atoms with Crippen LogP contribution in [0.3, 0.4) is 0 Å². The van der Waals surface area contributed by atoms with Gasteiger partial charge in [-0.3, -0.25) is 4.79 Å². The molecule has 1 amide bonds.